The Kier molecular flexibility index (Phi) is 1.35. The molecule has 0 aromatic heterocycles. The van der Waals surface area contributed by atoms with E-state index in [1.807, 2.05) is 0 Å². The first-order valence-electron chi connectivity index (χ1n) is 0.678. The topological polar surface area (TPSA) is 37.3 Å². The second-order valence-corrected chi connectivity index (χ2v) is 1.20. The van der Waals surface area contributed by atoms with E-state index in [1.54, 1.807) is 0 Å². The molecule has 0 bridgehead atoms. The SMILES string of the molecule is O=[C](O)[Ge]. The van der Waals surface area contributed by atoms with Crippen molar-refractivity contribution in [3.63, 3.8) is 0 Å². The summed E-state index contributed by atoms with van der Waals surface area (Å²) in [5.74, 6) is 0. The molecule has 4 heavy (non-hydrogen) atoms. The van der Waals surface area contributed by atoms with Crippen LogP contribution in [-0.4, -0.2) is 26.4 Å². The standard InChI is InChI=1S/CHGeO2/c2-1(3)4/h(H,3,4). The molecular weight excluding hydrogens is 117 g/mol. The zero-order valence-electron chi connectivity index (χ0n) is 1.86. The molecule has 2 nitrogen and oxygen atoms in total. The minimum absolute atomic E-state index is 0.833. The first kappa shape index (κ1) is 4.01. The van der Waals surface area contributed by atoms with Crippen LogP contribution >= 0.6 is 0 Å². The molecular formula is CHGeO2. The van der Waals surface area contributed by atoms with E-state index in [2.05, 4.69) is 0 Å². The van der Waals surface area contributed by atoms with Crippen LogP contribution in [0.25, 0.3) is 0 Å². The zero-order valence-corrected chi connectivity index (χ0v) is 3.95. The molecule has 0 saturated carbocycles. The van der Waals surface area contributed by atoms with Gasteiger partial charge < -0.3 is 0 Å². The Hall–Kier alpha value is 0.0129. The molecule has 3 radical (unpaired) electrons. The fourth-order valence-corrected chi connectivity index (χ4v) is 0. The Labute approximate surface area is 32.0 Å². The van der Waals surface area contributed by atoms with Crippen molar-refractivity contribution < 1.29 is 9.90 Å². The summed E-state index contributed by atoms with van der Waals surface area (Å²) in [6, 6.07) is 0. The molecule has 0 spiro atoms. The molecule has 1 N–H and O–H groups in total. The van der Waals surface area contributed by atoms with Crippen LogP contribution in [0.4, 0.5) is 4.79 Å². The fraction of sp³-hybridized carbons (Fsp3) is 0. The van der Waals surface area contributed by atoms with Crippen molar-refractivity contribution in [3.8, 4) is 0 Å². The van der Waals surface area contributed by atoms with Crippen LogP contribution in [0.1, 0.15) is 0 Å². The summed E-state index contributed by atoms with van der Waals surface area (Å²) in [6.45, 7) is 0. The first-order chi connectivity index (χ1) is 1.73. The summed E-state index contributed by atoms with van der Waals surface area (Å²) in [5, 5.41) is 7.42. The predicted molar refractivity (Wildman–Crippen MR) is 13.8 cm³/mol. The normalized spacial score (nSPS) is 6.25. The van der Waals surface area contributed by atoms with Crippen LogP contribution in [-0.2, 0) is 0 Å². The summed E-state index contributed by atoms with van der Waals surface area (Å²) < 4.78 is 0. The van der Waals surface area contributed by atoms with Crippen molar-refractivity contribution in [1.82, 2.24) is 0 Å². The third-order valence-corrected chi connectivity index (χ3v) is 0. The summed E-state index contributed by atoms with van der Waals surface area (Å²) in [6.07, 6.45) is 0. The van der Waals surface area contributed by atoms with Crippen LogP contribution in [0.5, 0.6) is 0 Å². The van der Waals surface area contributed by atoms with Crippen molar-refractivity contribution in [3.05, 3.63) is 0 Å². The number of carboxylic acid groups (broad SMARTS) is 1. The second kappa shape index (κ2) is 1.34. The van der Waals surface area contributed by atoms with Gasteiger partial charge in [0.1, 0.15) is 0 Å². The van der Waals surface area contributed by atoms with Gasteiger partial charge in [-0.1, -0.05) is 0 Å². The van der Waals surface area contributed by atoms with E-state index in [4.69, 9.17) is 9.90 Å². The van der Waals surface area contributed by atoms with E-state index in [0.717, 1.165) is 16.5 Å². The number of hydrogen-bond donors (Lipinski definition) is 1. The minimum atomic E-state index is -0.833. The van der Waals surface area contributed by atoms with Gasteiger partial charge in [-0.3, -0.25) is 0 Å². The third kappa shape index (κ3) is 12500. The molecule has 0 heterocycles. The Balaban J connectivity index is 2.80. The van der Waals surface area contributed by atoms with Crippen LogP contribution in [0.3, 0.4) is 0 Å². The molecule has 0 unspecified atom stereocenters. The average molecular weight is 118 g/mol. The van der Waals surface area contributed by atoms with Crippen LogP contribution in [0.2, 0.25) is 0 Å². The van der Waals surface area contributed by atoms with Gasteiger partial charge in [0.25, 0.3) is 0 Å². The molecule has 0 aliphatic carbocycles. The van der Waals surface area contributed by atoms with Crippen molar-refractivity contribution in [2.75, 3.05) is 0 Å². The van der Waals surface area contributed by atoms with Crippen LogP contribution in [0.15, 0.2) is 0 Å². The molecule has 3 heteroatoms. The number of rotatable bonds is 0. The van der Waals surface area contributed by atoms with E-state index in [-0.39, 0.29) is 0 Å². The van der Waals surface area contributed by atoms with Gasteiger partial charge in [-0.15, -0.1) is 0 Å². The van der Waals surface area contributed by atoms with E-state index in [1.165, 1.54) is 0 Å². The fourth-order valence-electron chi connectivity index (χ4n) is 0. The average Bonchev–Trinajstić information content (AvgIpc) is 0.811. The number of carbonyl (C=O) groups is 1. The Morgan fingerprint density at radius 3 is 2.00 bits per heavy atom. The molecule has 0 amide bonds. The van der Waals surface area contributed by atoms with Crippen LogP contribution < -0.4 is 0 Å². The van der Waals surface area contributed by atoms with Gasteiger partial charge in [0.15, 0.2) is 0 Å². The monoisotopic (exact) mass is 119 g/mol. The maximum atomic E-state index is 9.00. The first-order valence-corrected chi connectivity index (χ1v) is 1.73. The molecule has 0 fully saturated rings. The van der Waals surface area contributed by atoms with Gasteiger partial charge in [-0.2, -0.15) is 0 Å². The van der Waals surface area contributed by atoms with E-state index in [0.29, 0.717) is 0 Å². The van der Waals surface area contributed by atoms with E-state index < -0.39 is 4.80 Å². The van der Waals surface area contributed by atoms with Gasteiger partial charge in [-0.25, -0.2) is 0 Å². The molecule has 0 rings (SSSR count). The second-order valence-electron chi connectivity index (χ2n) is 0.305. The van der Waals surface area contributed by atoms with E-state index in [9.17, 15) is 0 Å². The van der Waals surface area contributed by atoms with Gasteiger partial charge in [0, 0.05) is 0 Å². The van der Waals surface area contributed by atoms with Crippen molar-refractivity contribution in [2.45, 2.75) is 0 Å². The summed E-state index contributed by atoms with van der Waals surface area (Å²) >= 11 is 1.08. The van der Waals surface area contributed by atoms with Crippen molar-refractivity contribution in [2.24, 2.45) is 0 Å². The van der Waals surface area contributed by atoms with Gasteiger partial charge in [0.05, 0.1) is 0 Å². The molecule has 0 aliphatic rings. The van der Waals surface area contributed by atoms with Gasteiger partial charge in [-0.05, 0) is 0 Å². The molecule has 21 valence electrons. The van der Waals surface area contributed by atoms with E-state index >= 15 is 0 Å². The predicted octanol–water partition coefficient (Wildman–Crippen LogP) is -0.167. The molecule has 0 atom stereocenters. The van der Waals surface area contributed by atoms with Crippen molar-refractivity contribution in [1.29, 1.82) is 0 Å². The Bertz CT molecular complexity index is 29.0. The Morgan fingerprint density at radius 1 is 2.00 bits per heavy atom. The Morgan fingerprint density at radius 2 is 2.00 bits per heavy atom. The van der Waals surface area contributed by atoms with Crippen LogP contribution in [0, 0.1) is 0 Å². The summed E-state index contributed by atoms with van der Waals surface area (Å²) in [4.78, 5) is 8.17. The summed E-state index contributed by atoms with van der Waals surface area (Å²) in [7, 11) is 0. The number of hydrogen-bond acceptors (Lipinski definition) is 1. The van der Waals surface area contributed by atoms with Gasteiger partial charge in [0.2, 0.25) is 0 Å². The third-order valence-electron chi connectivity index (χ3n) is 0. The summed E-state index contributed by atoms with van der Waals surface area (Å²) in [5.41, 5.74) is 0. The maximum absolute atomic E-state index is 9.00. The molecule has 0 aromatic carbocycles. The molecule has 0 aliphatic heterocycles. The van der Waals surface area contributed by atoms with Crippen molar-refractivity contribution >= 4 is 21.3 Å². The van der Waals surface area contributed by atoms with Gasteiger partial charge >= 0.3 is 31.2 Å². The quantitative estimate of drug-likeness (QED) is 0.448. The molecule has 0 aromatic rings. The zero-order chi connectivity index (χ0) is 3.58. The molecule has 0 saturated heterocycles.